The Hall–Kier alpha value is -2.83. The van der Waals surface area contributed by atoms with Gasteiger partial charge >= 0.3 is 5.63 Å². The molecular weight excluding hydrogens is 424 g/mol. The standard InChI is InChI=1S/C20H18N4O6S/c25-7-11-16(27)14(8-26)29-18(11)24-17-12(6-21-9-22-17)23-20(24)31-15-5-10-3-1-2-4-13(10)30-19(15)28/h1-6,9,11,14,16,18,25-27H,7-8H2/t11-,14-,16+,18-/m1/s1. The summed E-state index contributed by atoms with van der Waals surface area (Å²) < 4.78 is 12.9. The molecule has 31 heavy (non-hydrogen) atoms. The molecule has 1 aliphatic rings. The van der Waals surface area contributed by atoms with Gasteiger partial charge in [-0.2, -0.15) is 0 Å². The number of rotatable bonds is 5. The molecule has 0 radical (unpaired) electrons. The number of ether oxygens (including phenoxy) is 1. The Bertz CT molecular complexity index is 1310. The van der Waals surface area contributed by atoms with Crippen LogP contribution in [0.4, 0.5) is 0 Å². The Morgan fingerprint density at radius 1 is 1.19 bits per heavy atom. The van der Waals surface area contributed by atoms with Gasteiger partial charge in [0.05, 0.1) is 31.4 Å². The van der Waals surface area contributed by atoms with Gasteiger partial charge in [0.1, 0.15) is 34.7 Å². The SMILES string of the molecule is O=c1oc2ccccc2cc1Sc1nc2cncnc2n1[C@@H]1O[C@H](CO)[C@@H](O)[C@H]1CO. The summed E-state index contributed by atoms with van der Waals surface area (Å²) in [6, 6.07) is 8.89. The van der Waals surface area contributed by atoms with Crippen molar-refractivity contribution >= 4 is 33.9 Å². The Morgan fingerprint density at radius 2 is 2.03 bits per heavy atom. The average Bonchev–Trinajstić information content (AvgIpc) is 3.30. The lowest BCUT2D eigenvalue weighted by molar-refractivity contribution is -0.0494. The highest BCUT2D eigenvalue weighted by atomic mass is 32.2. The molecule has 0 spiro atoms. The van der Waals surface area contributed by atoms with Gasteiger partial charge < -0.3 is 24.5 Å². The average molecular weight is 442 g/mol. The molecule has 160 valence electrons. The molecule has 11 heteroatoms. The van der Waals surface area contributed by atoms with Crippen molar-refractivity contribution in [3.8, 4) is 0 Å². The second-order valence-electron chi connectivity index (χ2n) is 7.12. The van der Waals surface area contributed by atoms with E-state index in [-0.39, 0.29) is 6.61 Å². The molecule has 10 nitrogen and oxygen atoms in total. The van der Waals surface area contributed by atoms with Crippen molar-refractivity contribution in [1.29, 1.82) is 0 Å². The van der Waals surface area contributed by atoms with Crippen LogP contribution in [0.5, 0.6) is 0 Å². The Kier molecular flexibility index (Phi) is 5.20. The lowest BCUT2D eigenvalue weighted by atomic mass is 10.0. The highest BCUT2D eigenvalue weighted by molar-refractivity contribution is 7.99. The van der Waals surface area contributed by atoms with E-state index in [1.54, 1.807) is 22.8 Å². The van der Waals surface area contributed by atoms with Crippen LogP contribution in [0.1, 0.15) is 6.23 Å². The smallest absolute Gasteiger partial charge is 0.350 e. The van der Waals surface area contributed by atoms with Crippen molar-refractivity contribution in [3.05, 3.63) is 53.3 Å². The lowest BCUT2D eigenvalue weighted by Gasteiger charge is -2.21. The molecule has 1 saturated heterocycles. The predicted octanol–water partition coefficient (Wildman–Crippen LogP) is 0.943. The van der Waals surface area contributed by atoms with Crippen molar-refractivity contribution < 1.29 is 24.5 Å². The molecule has 4 atom stereocenters. The quantitative estimate of drug-likeness (QED) is 0.382. The molecule has 1 aliphatic heterocycles. The topological polar surface area (TPSA) is 144 Å². The fourth-order valence-electron chi connectivity index (χ4n) is 3.75. The molecule has 0 amide bonds. The van der Waals surface area contributed by atoms with E-state index in [1.807, 2.05) is 12.1 Å². The van der Waals surface area contributed by atoms with Crippen LogP contribution in [-0.4, -0.2) is 60.3 Å². The van der Waals surface area contributed by atoms with Crippen LogP contribution in [0.15, 0.2) is 62.1 Å². The van der Waals surface area contributed by atoms with Gasteiger partial charge in [0.2, 0.25) is 0 Å². The van der Waals surface area contributed by atoms with Crippen molar-refractivity contribution in [1.82, 2.24) is 19.5 Å². The van der Waals surface area contributed by atoms with E-state index in [2.05, 4.69) is 15.0 Å². The zero-order valence-corrected chi connectivity index (χ0v) is 16.8. The highest BCUT2D eigenvalue weighted by Gasteiger charge is 2.45. The Balaban J connectivity index is 1.64. The summed E-state index contributed by atoms with van der Waals surface area (Å²) in [5.74, 6) is -0.725. The summed E-state index contributed by atoms with van der Waals surface area (Å²) in [7, 11) is 0. The van der Waals surface area contributed by atoms with E-state index in [4.69, 9.17) is 9.15 Å². The first-order valence-corrected chi connectivity index (χ1v) is 10.4. The van der Waals surface area contributed by atoms with E-state index < -0.39 is 36.6 Å². The fraction of sp³-hybridized carbons (Fsp3) is 0.300. The van der Waals surface area contributed by atoms with E-state index in [9.17, 15) is 20.1 Å². The van der Waals surface area contributed by atoms with Crippen LogP contribution >= 0.6 is 11.8 Å². The maximum atomic E-state index is 12.6. The van der Waals surface area contributed by atoms with Gasteiger partial charge in [-0.1, -0.05) is 18.2 Å². The van der Waals surface area contributed by atoms with E-state index in [0.29, 0.717) is 26.8 Å². The molecule has 0 bridgehead atoms. The van der Waals surface area contributed by atoms with Crippen LogP contribution in [-0.2, 0) is 4.74 Å². The van der Waals surface area contributed by atoms with Crippen molar-refractivity contribution in [2.75, 3.05) is 13.2 Å². The second-order valence-corrected chi connectivity index (χ2v) is 8.13. The summed E-state index contributed by atoms with van der Waals surface area (Å²) in [5.41, 5.74) is 0.826. The van der Waals surface area contributed by atoms with E-state index in [0.717, 1.165) is 17.1 Å². The monoisotopic (exact) mass is 442 g/mol. The first-order valence-electron chi connectivity index (χ1n) is 9.54. The molecule has 4 heterocycles. The van der Waals surface area contributed by atoms with Crippen molar-refractivity contribution in [3.63, 3.8) is 0 Å². The summed E-state index contributed by atoms with van der Waals surface area (Å²) in [5, 5.41) is 31.0. The van der Waals surface area contributed by atoms with Gasteiger partial charge in [0.15, 0.2) is 10.8 Å². The number of benzene rings is 1. The summed E-state index contributed by atoms with van der Waals surface area (Å²) in [6.45, 7) is -0.790. The molecule has 4 aromatic rings. The summed E-state index contributed by atoms with van der Waals surface area (Å²) in [6.07, 6.45) is 0.0663. The minimum atomic E-state index is -1.08. The molecule has 5 rings (SSSR count). The van der Waals surface area contributed by atoms with Crippen molar-refractivity contribution in [2.45, 2.75) is 28.5 Å². The number of aromatic nitrogens is 4. The van der Waals surface area contributed by atoms with Crippen LogP contribution < -0.4 is 5.63 Å². The highest BCUT2D eigenvalue weighted by Crippen LogP contribution is 2.40. The van der Waals surface area contributed by atoms with Crippen LogP contribution in [0, 0.1) is 5.92 Å². The number of para-hydroxylation sites is 1. The number of aliphatic hydroxyl groups is 3. The third-order valence-electron chi connectivity index (χ3n) is 5.28. The third-order valence-corrected chi connectivity index (χ3v) is 6.25. The summed E-state index contributed by atoms with van der Waals surface area (Å²) >= 11 is 1.06. The van der Waals surface area contributed by atoms with Crippen molar-refractivity contribution in [2.24, 2.45) is 5.92 Å². The van der Waals surface area contributed by atoms with Gasteiger partial charge in [-0.3, -0.25) is 4.57 Å². The number of aliphatic hydroxyl groups excluding tert-OH is 3. The molecule has 0 saturated carbocycles. The van der Waals surface area contributed by atoms with Crippen LogP contribution in [0.2, 0.25) is 0 Å². The molecule has 3 aromatic heterocycles. The second kappa shape index (κ2) is 8.02. The van der Waals surface area contributed by atoms with Gasteiger partial charge in [-0.05, 0) is 23.9 Å². The fourth-order valence-corrected chi connectivity index (χ4v) is 4.69. The van der Waals surface area contributed by atoms with Gasteiger partial charge in [0, 0.05) is 5.39 Å². The Morgan fingerprint density at radius 3 is 2.84 bits per heavy atom. The first kappa shape index (κ1) is 20.1. The zero-order valence-electron chi connectivity index (χ0n) is 16.0. The predicted molar refractivity (Wildman–Crippen MR) is 110 cm³/mol. The molecule has 0 unspecified atom stereocenters. The number of hydrogen-bond donors (Lipinski definition) is 3. The number of hydrogen-bond acceptors (Lipinski definition) is 10. The third kappa shape index (κ3) is 3.40. The van der Waals surface area contributed by atoms with E-state index >= 15 is 0 Å². The van der Waals surface area contributed by atoms with E-state index in [1.165, 1.54) is 12.5 Å². The number of fused-ring (bicyclic) bond motifs is 2. The normalized spacial score (nSPS) is 23.7. The van der Waals surface area contributed by atoms with Crippen LogP contribution in [0.25, 0.3) is 22.1 Å². The molecule has 1 fully saturated rings. The zero-order chi connectivity index (χ0) is 21.5. The Labute approximate surface area is 179 Å². The molecule has 3 N–H and O–H groups in total. The summed E-state index contributed by atoms with van der Waals surface area (Å²) in [4.78, 5) is 25.7. The molecule has 0 aliphatic carbocycles. The number of imidazole rings is 1. The maximum Gasteiger partial charge on any atom is 0.350 e. The molecule has 1 aromatic carbocycles. The molecular formula is C20H18N4O6S. The minimum Gasteiger partial charge on any atom is -0.422 e. The largest absolute Gasteiger partial charge is 0.422 e. The van der Waals surface area contributed by atoms with Crippen LogP contribution in [0.3, 0.4) is 0 Å². The lowest BCUT2D eigenvalue weighted by Crippen LogP contribution is -2.31. The number of nitrogens with zero attached hydrogens (tertiary/aromatic N) is 4. The maximum absolute atomic E-state index is 12.6. The van der Waals surface area contributed by atoms with Gasteiger partial charge in [0.25, 0.3) is 0 Å². The van der Waals surface area contributed by atoms with Gasteiger partial charge in [-0.25, -0.2) is 19.7 Å². The first-order chi connectivity index (χ1) is 15.1. The van der Waals surface area contributed by atoms with Gasteiger partial charge in [-0.15, -0.1) is 0 Å². The minimum absolute atomic E-state index is 0.306.